The predicted octanol–water partition coefficient (Wildman–Crippen LogP) is 0.148. The Bertz CT molecular complexity index is 394. The van der Waals surface area contributed by atoms with E-state index in [4.69, 9.17) is 26.8 Å². The van der Waals surface area contributed by atoms with Gasteiger partial charge in [0.1, 0.15) is 14.0 Å². The van der Waals surface area contributed by atoms with Crippen molar-refractivity contribution in [3.63, 3.8) is 0 Å². The highest BCUT2D eigenvalue weighted by atomic mass is 16.6. The molecule has 0 aromatic rings. The van der Waals surface area contributed by atoms with Crippen LogP contribution in [0.1, 0.15) is 33.1 Å². The zero-order valence-electron chi connectivity index (χ0n) is 14.2. The van der Waals surface area contributed by atoms with Gasteiger partial charge < -0.3 is 24.3 Å². The predicted molar refractivity (Wildman–Crippen MR) is 84.1 cm³/mol. The van der Waals surface area contributed by atoms with Crippen LogP contribution in [0.3, 0.4) is 0 Å². The quantitative estimate of drug-likeness (QED) is 0.479. The van der Waals surface area contributed by atoms with Crippen molar-refractivity contribution in [2.75, 3.05) is 20.8 Å². The number of carbonyl (C=O) groups is 2. The number of nitrogens with one attached hydrogen (secondary N) is 1. The molecule has 1 heterocycles. The standard InChI is InChI=1S/C15H26BNO6/c1-5-10-13(23-12(19)7-6-11(18)17-3)14(15(16)22-10)21-8-9(2)20-4/h9-10,13-15H,5-8H2,1-4H3,(H,17,18)/t9?,10-,13+,14?,15-/m1/s1. The van der Waals surface area contributed by atoms with E-state index in [1.807, 2.05) is 13.8 Å². The first-order valence-corrected chi connectivity index (χ1v) is 7.88. The van der Waals surface area contributed by atoms with Crippen LogP contribution in [0.25, 0.3) is 0 Å². The van der Waals surface area contributed by atoms with Gasteiger partial charge in [-0.3, -0.25) is 9.59 Å². The Morgan fingerprint density at radius 3 is 2.57 bits per heavy atom. The van der Waals surface area contributed by atoms with Gasteiger partial charge in [0.15, 0.2) is 6.10 Å². The Kier molecular flexibility index (Phi) is 8.58. The fourth-order valence-corrected chi connectivity index (χ4v) is 2.28. The van der Waals surface area contributed by atoms with Crippen molar-refractivity contribution >= 4 is 19.7 Å². The highest BCUT2D eigenvalue weighted by Gasteiger charge is 2.44. The van der Waals surface area contributed by atoms with Crippen LogP contribution in [0, 0.1) is 0 Å². The number of rotatable bonds is 9. The van der Waals surface area contributed by atoms with Gasteiger partial charge in [-0.05, 0) is 13.3 Å². The van der Waals surface area contributed by atoms with E-state index in [1.165, 1.54) is 7.05 Å². The second-order valence-electron chi connectivity index (χ2n) is 5.52. The van der Waals surface area contributed by atoms with Gasteiger partial charge in [0.2, 0.25) is 5.91 Å². The molecule has 0 aromatic carbocycles. The van der Waals surface area contributed by atoms with Gasteiger partial charge in [-0.15, -0.1) is 0 Å². The van der Waals surface area contributed by atoms with Crippen molar-refractivity contribution in [1.82, 2.24) is 5.32 Å². The maximum Gasteiger partial charge on any atom is 0.306 e. The van der Waals surface area contributed by atoms with Crippen molar-refractivity contribution < 1.29 is 28.5 Å². The third kappa shape index (κ3) is 6.12. The van der Waals surface area contributed by atoms with Crippen molar-refractivity contribution in [2.24, 2.45) is 0 Å². The van der Waals surface area contributed by atoms with E-state index in [0.29, 0.717) is 13.0 Å². The van der Waals surface area contributed by atoms with E-state index < -0.39 is 24.2 Å². The summed E-state index contributed by atoms with van der Waals surface area (Å²) in [6, 6.07) is -0.666. The molecular formula is C15H26BNO6. The Morgan fingerprint density at radius 1 is 1.30 bits per heavy atom. The largest absolute Gasteiger partial charge is 0.457 e. The molecule has 1 aliphatic heterocycles. The second-order valence-corrected chi connectivity index (χ2v) is 5.52. The molecule has 2 unspecified atom stereocenters. The molecule has 1 saturated heterocycles. The van der Waals surface area contributed by atoms with Gasteiger partial charge in [-0.1, -0.05) is 6.92 Å². The minimum Gasteiger partial charge on any atom is -0.457 e. The fraction of sp³-hybridized carbons (Fsp3) is 0.867. The lowest BCUT2D eigenvalue weighted by atomic mass is 9.92. The molecule has 0 aromatic heterocycles. The Balaban J connectivity index is 2.61. The highest BCUT2D eigenvalue weighted by molar-refractivity contribution is 6.11. The van der Waals surface area contributed by atoms with Crippen molar-refractivity contribution in [2.45, 2.75) is 63.5 Å². The SMILES string of the molecule is [B][C@@H]1O[C@H](CC)[C@H](OC(=O)CCC(=O)NC)C1OCC(C)OC. The fourth-order valence-electron chi connectivity index (χ4n) is 2.28. The van der Waals surface area contributed by atoms with Gasteiger partial charge in [-0.25, -0.2) is 0 Å². The average Bonchev–Trinajstić information content (AvgIpc) is 2.85. The van der Waals surface area contributed by atoms with Crippen LogP contribution in [-0.4, -0.2) is 70.9 Å². The van der Waals surface area contributed by atoms with Crippen molar-refractivity contribution in [3.05, 3.63) is 0 Å². The normalized spacial score (nSPS) is 28.3. The molecule has 1 fully saturated rings. The van der Waals surface area contributed by atoms with E-state index in [0.717, 1.165) is 0 Å². The average molecular weight is 327 g/mol. The first kappa shape index (κ1) is 19.9. The van der Waals surface area contributed by atoms with E-state index in [9.17, 15) is 9.59 Å². The molecule has 0 aliphatic carbocycles. The molecule has 0 saturated carbocycles. The number of esters is 1. The summed E-state index contributed by atoms with van der Waals surface area (Å²) >= 11 is 0. The molecular weight excluding hydrogens is 301 g/mol. The molecule has 7 nitrogen and oxygen atoms in total. The molecule has 5 atom stereocenters. The van der Waals surface area contributed by atoms with Crippen LogP contribution in [-0.2, 0) is 28.5 Å². The summed E-state index contributed by atoms with van der Waals surface area (Å²) in [5, 5.41) is 2.46. The maximum absolute atomic E-state index is 11.9. The van der Waals surface area contributed by atoms with Crippen LogP contribution in [0.4, 0.5) is 0 Å². The van der Waals surface area contributed by atoms with E-state index in [1.54, 1.807) is 7.11 Å². The van der Waals surface area contributed by atoms with Crippen LogP contribution in [0.2, 0.25) is 0 Å². The molecule has 1 N–H and O–H groups in total. The van der Waals surface area contributed by atoms with E-state index in [2.05, 4.69) is 5.32 Å². The van der Waals surface area contributed by atoms with Crippen molar-refractivity contribution in [1.29, 1.82) is 0 Å². The Labute approximate surface area is 138 Å². The number of carbonyl (C=O) groups excluding carboxylic acids is 2. The molecule has 23 heavy (non-hydrogen) atoms. The second kappa shape index (κ2) is 9.90. The van der Waals surface area contributed by atoms with Crippen LogP contribution >= 0.6 is 0 Å². The first-order valence-electron chi connectivity index (χ1n) is 7.88. The summed E-state index contributed by atoms with van der Waals surface area (Å²) in [6.07, 6.45) is -0.844. The smallest absolute Gasteiger partial charge is 0.306 e. The molecule has 8 heteroatoms. The molecule has 1 aliphatic rings. The summed E-state index contributed by atoms with van der Waals surface area (Å²) in [7, 11) is 9.05. The Morgan fingerprint density at radius 2 is 2.00 bits per heavy atom. The molecule has 2 radical (unpaired) electrons. The maximum atomic E-state index is 11.9. The third-order valence-electron chi connectivity index (χ3n) is 3.78. The minimum atomic E-state index is -0.666. The lowest BCUT2D eigenvalue weighted by Crippen LogP contribution is -2.40. The van der Waals surface area contributed by atoms with Gasteiger partial charge >= 0.3 is 5.97 Å². The minimum absolute atomic E-state index is 0.00302. The third-order valence-corrected chi connectivity index (χ3v) is 3.78. The topological polar surface area (TPSA) is 83.1 Å². The molecule has 1 amide bonds. The zero-order valence-corrected chi connectivity index (χ0v) is 14.2. The van der Waals surface area contributed by atoms with E-state index >= 15 is 0 Å². The van der Waals surface area contributed by atoms with Gasteiger partial charge in [0.05, 0.1) is 25.2 Å². The molecule has 130 valence electrons. The number of methoxy groups -OCH3 is 1. The number of amides is 1. The Hall–Kier alpha value is -1.12. The monoisotopic (exact) mass is 327 g/mol. The van der Waals surface area contributed by atoms with Gasteiger partial charge in [0, 0.05) is 26.6 Å². The summed E-state index contributed by atoms with van der Waals surface area (Å²) < 4.78 is 21.9. The first-order chi connectivity index (χ1) is 10.9. The molecule has 0 bridgehead atoms. The molecule has 0 spiro atoms. The van der Waals surface area contributed by atoms with Gasteiger partial charge in [-0.2, -0.15) is 0 Å². The summed E-state index contributed by atoms with van der Waals surface area (Å²) in [5.41, 5.74) is 0. The van der Waals surface area contributed by atoms with E-state index in [-0.39, 0.29) is 31.0 Å². The highest BCUT2D eigenvalue weighted by Crippen LogP contribution is 2.27. The number of ether oxygens (including phenoxy) is 4. The molecule has 1 rings (SSSR count). The summed E-state index contributed by atoms with van der Waals surface area (Å²) in [5.74, 6) is -0.682. The van der Waals surface area contributed by atoms with Crippen LogP contribution in [0.5, 0.6) is 0 Å². The lowest BCUT2D eigenvalue weighted by Gasteiger charge is -2.25. The van der Waals surface area contributed by atoms with Crippen LogP contribution in [0.15, 0.2) is 0 Å². The summed E-state index contributed by atoms with van der Waals surface area (Å²) in [4.78, 5) is 23.1. The number of hydrogen-bond acceptors (Lipinski definition) is 6. The summed E-state index contributed by atoms with van der Waals surface area (Å²) in [6.45, 7) is 4.10. The van der Waals surface area contributed by atoms with Gasteiger partial charge in [0.25, 0.3) is 0 Å². The number of hydrogen-bond donors (Lipinski definition) is 1. The lowest BCUT2D eigenvalue weighted by molar-refractivity contribution is -0.159. The van der Waals surface area contributed by atoms with Crippen molar-refractivity contribution in [3.8, 4) is 0 Å². The zero-order chi connectivity index (χ0) is 17.4. The van der Waals surface area contributed by atoms with Crippen LogP contribution < -0.4 is 5.32 Å².